The molecular formula is C11H9BrClN3O. The van der Waals surface area contributed by atoms with Crippen molar-refractivity contribution in [3.8, 4) is 17.4 Å². The van der Waals surface area contributed by atoms with E-state index in [1.807, 2.05) is 31.2 Å². The summed E-state index contributed by atoms with van der Waals surface area (Å²) < 4.78 is 6.12. The second-order valence-electron chi connectivity index (χ2n) is 3.12. The zero-order valence-electron chi connectivity index (χ0n) is 9.02. The van der Waals surface area contributed by atoms with Gasteiger partial charge in [0.2, 0.25) is 5.28 Å². The lowest BCUT2D eigenvalue weighted by molar-refractivity contribution is 0.312. The highest BCUT2D eigenvalue weighted by molar-refractivity contribution is 9.10. The van der Waals surface area contributed by atoms with E-state index in [1.54, 1.807) is 0 Å². The van der Waals surface area contributed by atoms with Crippen LogP contribution >= 0.6 is 27.5 Å². The topological polar surface area (TPSA) is 47.9 Å². The first-order chi connectivity index (χ1) is 8.20. The van der Waals surface area contributed by atoms with Gasteiger partial charge in [-0.2, -0.15) is 15.0 Å². The number of hydrogen-bond donors (Lipinski definition) is 0. The number of nitrogens with zero attached hydrogens (tertiary/aromatic N) is 3. The lowest BCUT2D eigenvalue weighted by Gasteiger charge is -2.05. The fraction of sp³-hybridized carbons (Fsp3) is 0.182. The predicted molar refractivity (Wildman–Crippen MR) is 69.1 cm³/mol. The molecule has 1 aromatic heterocycles. The van der Waals surface area contributed by atoms with Crippen molar-refractivity contribution in [2.75, 3.05) is 6.61 Å². The second kappa shape index (κ2) is 5.42. The molecule has 0 aliphatic rings. The van der Waals surface area contributed by atoms with Gasteiger partial charge < -0.3 is 4.74 Å². The zero-order chi connectivity index (χ0) is 12.3. The summed E-state index contributed by atoms with van der Waals surface area (Å²) in [6, 6.07) is 7.86. The summed E-state index contributed by atoms with van der Waals surface area (Å²) in [6.07, 6.45) is 0. The second-order valence-corrected chi connectivity index (χ2v) is 4.32. The van der Waals surface area contributed by atoms with Crippen molar-refractivity contribution in [2.45, 2.75) is 6.92 Å². The van der Waals surface area contributed by atoms with Crippen LogP contribution in [0.4, 0.5) is 0 Å². The smallest absolute Gasteiger partial charge is 0.321 e. The molecule has 2 aromatic rings. The van der Waals surface area contributed by atoms with E-state index in [1.165, 1.54) is 0 Å². The molecule has 0 amide bonds. The molecule has 0 saturated carbocycles. The van der Waals surface area contributed by atoms with Crippen molar-refractivity contribution in [1.29, 1.82) is 0 Å². The van der Waals surface area contributed by atoms with Gasteiger partial charge in [0, 0.05) is 10.0 Å². The Bertz CT molecular complexity index is 536. The molecule has 0 aliphatic carbocycles. The van der Waals surface area contributed by atoms with Crippen LogP contribution in [0, 0.1) is 0 Å². The molecule has 0 saturated heterocycles. The van der Waals surface area contributed by atoms with Crippen molar-refractivity contribution in [1.82, 2.24) is 15.0 Å². The summed E-state index contributed by atoms with van der Waals surface area (Å²) in [6.45, 7) is 2.34. The molecule has 88 valence electrons. The zero-order valence-corrected chi connectivity index (χ0v) is 11.4. The molecule has 0 bridgehead atoms. The van der Waals surface area contributed by atoms with E-state index in [2.05, 4.69) is 30.9 Å². The van der Waals surface area contributed by atoms with Gasteiger partial charge in [-0.05, 0) is 24.6 Å². The average Bonchev–Trinajstić information content (AvgIpc) is 2.29. The molecule has 0 radical (unpaired) electrons. The summed E-state index contributed by atoms with van der Waals surface area (Å²) in [5, 5.41) is 0.120. The highest BCUT2D eigenvalue weighted by Gasteiger charge is 2.10. The van der Waals surface area contributed by atoms with E-state index >= 15 is 0 Å². The van der Waals surface area contributed by atoms with Crippen LogP contribution < -0.4 is 4.74 Å². The molecular weight excluding hydrogens is 305 g/mol. The summed E-state index contributed by atoms with van der Waals surface area (Å²) in [4.78, 5) is 12.2. The molecule has 0 unspecified atom stereocenters. The lowest BCUT2D eigenvalue weighted by Crippen LogP contribution is -2.01. The van der Waals surface area contributed by atoms with E-state index < -0.39 is 0 Å². The maximum Gasteiger partial charge on any atom is 0.321 e. The molecule has 1 heterocycles. The van der Waals surface area contributed by atoms with Crippen molar-refractivity contribution in [3.05, 3.63) is 34.0 Å². The van der Waals surface area contributed by atoms with Gasteiger partial charge in [0.05, 0.1) is 6.61 Å². The number of rotatable bonds is 3. The van der Waals surface area contributed by atoms with E-state index in [-0.39, 0.29) is 11.3 Å². The fourth-order valence-corrected chi connectivity index (χ4v) is 1.90. The van der Waals surface area contributed by atoms with Gasteiger partial charge in [-0.3, -0.25) is 0 Å². The Kier molecular flexibility index (Phi) is 3.91. The van der Waals surface area contributed by atoms with E-state index in [0.29, 0.717) is 12.4 Å². The molecule has 0 N–H and O–H groups in total. The number of ether oxygens (including phenoxy) is 1. The number of aromatic nitrogens is 3. The van der Waals surface area contributed by atoms with Crippen LogP contribution in [-0.2, 0) is 0 Å². The van der Waals surface area contributed by atoms with Gasteiger partial charge in [0.15, 0.2) is 5.82 Å². The Morgan fingerprint density at radius 2 is 2.00 bits per heavy atom. The van der Waals surface area contributed by atoms with E-state index in [4.69, 9.17) is 16.3 Å². The first kappa shape index (κ1) is 12.3. The van der Waals surface area contributed by atoms with Gasteiger partial charge in [0.1, 0.15) is 0 Å². The molecule has 2 rings (SSSR count). The van der Waals surface area contributed by atoms with Gasteiger partial charge in [-0.15, -0.1) is 0 Å². The average molecular weight is 315 g/mol. The normalized spacial score (nSPS) is 10.3. The van der Waals surface area contributed by atoms with Gasteiger partial charge >= 0.3 is 6.01 Å². The van der Waals surface area contributed by atoms with Gasteiger partial charge in [-0.25, -0.2) is 0 Å². The van der Waals surface area contributed by atoms with Crippen LogP contribution in [0.2, 0.25) is 5.28 Å². The van der Waals surface area contributed by atoms with Crippen LogP contribution in [0.3, 0.4) is 0 Å². The third-order valence-electron chi connectivity index (χ3n) is 1.98. The minimum absolute atomic E-state index is 0.120. The van der Waals surface area contributed by atoms with E-state index in [0.717, 1.165) is 10.0 Å². The van der Waals surface area contributed by atoms with Crippen LogP contribution in [0.5, 0.6) is 6.01 Å². The summed E-state index contributed by atoms with van der Waals surface area (Å²) >= 11 is 9.27. The SMILES string of the molecule is CCOc1nc(Cl)nc(-c2ccccc2Br)n1. The summed E-state index contributed by atoms with van der Waals surface area (Å²) in [5.41, 5.74) is 0.845. The maximum absolute atomic E-state index is 5.83. The van der Waals surface area contributed by atoms with Crippen LogP contribution in [0.1, 0.15) is 6.92 Å². The van der Waals surface area contributed by atoms with Crippen molar-refractivity contribution < 1.29 is 4.74 Å². The number of hydrogen-bond acceptors (Lipinski definition) is 4. The quantitative estimate of drug-likeness (QED) is 0.871. The highest BCUT2D eigenvalue weighted by Crippen LogP contribution is 2.26. The first-order valence-corrected chi connectivity index (χ1v) is 6.17. The van der Waals surface area contributed by atoms with E-state index in [9.17, 15) is 0 Å². The lowest BCUT2D eigenvalue weighted by atomic mass is 10.2. The predicted octanol–water partition coefficient (Wildman–Crippen LogP) is 3.35. The summed E-state index contributed by atoms with van der Waals surface area (Å²) in [7, 11) is 0. The highest BCUT2D eigenvalue weighted by atomic mass is 79.9. The molecule has 6 heteroatoms. The molecule has 0 fully saturated rings. The fourth-order valence-electron chi connectivity index (χ4n) is 1.29. The van der Waals surface area contributed by atoms with Crippen LogP contribution in [-0.4, -0.2) is 21.6 Å². The third-order valence-corrected chi connectivity index (χ3v) is 2.84. The minimum atomic E-state index is 0.120. The Balaban J connectivity index is 2.48. The third kappa shape index (κ3) is 2.92. The Labute approximate surface area is 112 Å². The van der Waals surface area contributed by atoms with Crippen molar-refractivity contribution in [2.24, 2.45) is 0 Å². The monoisotopic (exact) mass is 313 g/mol. The van der Waals surface area contributed by atoms with Crippen molar-refractivity contribution in [3.63, 3.8) is 0 Å². The first-order valence-electron chi connectivity index (χ1n) is 5.00. The van der Waals surface area contributed by atoms with Gasteiger partial charge in [-0.1, -0.05) is 34.1 Å². The molecule has 17 heavy (non-hydrogen) atoms. The molecule has 4 nitrogen and oxygen atoms in total. The maximum atomic E-state index is 5.83. The summed E-state index contributed by atoms with van der Waals surface area (Å²) in [5.74, 6) is 0.487. The standard InChI is InChI=1S/C11H9BrClN3O/c1-2-17-11-15-9(14-10(13)16-11)7-5-3-4-6-8(7)12/h3-6H,2H2,1H3. The number of halogens is 2. The van der Waals surface area contributed by atoms with Crippen molar-refractivity contribution >= 4 is 27.5 Å². The largest absolute Gasteiger partial charge is 0.464 e. The van der Waals surface area contributed by atoms with Gasteiger partial charge in [0.25, 0.3) is 0 Å². The Hall–Kier alpha value is -1.20. The molecule has 0 atom stereocenters. The molecule has 0 aliphatic heterocycles. The molecule has 0 spiro atoms. The van der Waals surface area contributed by atoms with Crippen LogP contribution in [0.15, 0.2) is 28.7 Å². The number of benzene rings is 1. The molecule has 1 aromatic carbocycles. The Morgan fingerprint density at radius 1 is 1.24 bits per heavy atom. The van der Waals surface area contributed by atoms with Crippen LogP contribution in [0.25, 0.3) is 11.4 Å². The Morgan fingerprint density at radius 3 is 2.71 bits per heavy atom. The minimum Gasteiger partial charge on any atom is -0.464 e.